The summed E-state index contributed by atoms with van der Waals surface area (Å²) in [5.74, 6) is -2.92. The molecule has 12 nitrogen and oxygen atoms in total. The minimum atomic E-state index is -3.54. The molecule has 0 bridgehead atoms. The van der Waals surface area contributed by atoms with Crippen LogP contribution in [0.15, 0.2) is 91.1 Å². The van der Waals surface area contributed by atoms with E-state index in [0.717, 1.165) is 0 Å². The van der Waals surface area contributed by atoms with Crippen LogP contribution < -0.4 is 31.4 Å². The fraction of sp³-hybridized carbons (Fsp3) is 0.200. The Morgan fingerprint density at radius 2 is 0.511 bits per heavy atom. The van der Waals surface area contributed by atoms with Gasteiger partial charge in [-0.15, -0.1) is 0 Å². The molecule has 0 saturated heterocycles. The summed E-state index contributed by atoms with van der Waals surface area (Å²) in [5, 5.41) is 0. The first-order valence-electron chi connectivity index (χ1n) is 13.1. The van der Waals surface area contributed by atoms with Gasteiger partial charge in [0.15, 0.2) is 0 Å². The van der Waals surface area contributed by atoms with Crippen molar-refractivity contribution in [1.82, 2.24) is 20.9 Å². The molecule has 0 radical (unpaired) electrons. The molecular weight excluding hydrogens is 906 g/mol. The van der Waals surface area contributed by atoms with Crippen molar-refractivity contribution >= 4 is 108 Å². The molecule has 0 aliphatic rings. The van der Waals surface area contributed by atoms with Crippen LogP contribution in [0.2, 0.25) is 0 Å². The van der Waals surface area contributed by atoms with Crippen molar-refractivity contribution < 1.29 is 28.8 Å². The Labute approximate surface area is 288 Å². The molecule has 0 spiro atoms. The third-order valence-corrected chi connectivity index (χ3v) is 19.2. The molecule has 0 unspecified atom stereocenters. The Balaban J connectivity index is 4.13. The van der Waals surface area contributed by atoms with E-state index in [1.165, 1.54) is 41.5 Å². The second-order valence-electron chi connectivity index (χ2n) is 10.0. The molecule has 0 fully saturated rings. The second-order valence-corrected chi connectivity index (χ2v) is 24.0. The first kappa shape index (κ1) is 40.0. The van der Waals surface area contributed by atoms with Crippen LogP contribution in [0.3, 0.4) is 0 Å². The van der Waals surface area contributed by atoms with Gasteiger partial charge in [0.1, 0.15) is 0 Å². The number of benzene rings is 1. The zero-order valence-corrected chi connectivity index (χ0v) is 33.9. The maximum atomic E-state index is 12.8. The summed E-state index contributed by atoms with van der Waals surface area (Å²) in [6.45, 7) is 31.2. The fourth-order valence-corrected chi connectivity index (χ4v) is 19.4. The third-order valence-electron chi connectivity index (χ3n) is 5.27. The Morgan fingerprint density at radius 1 is 0.378 bits per heavy atom. The summed E-state index contributed by atoms with van der Waals surface area (Å²) in [6, 6.07) is 5.09. The summed E-state index contributed by atoms with van der Waals surface area (Å²) in [7, 11) is 0. The van der Waals surface area contributed by atoms with Gasteiger partial charge >= 0.3 is 291 Å². The van der Waals surface area contributed by atoms with E-state index in [9.17, 15) is 28.8 Å². The molecule has 0 saturated carbocycles. The normalized spacial score (nSPS) is 10.3. The van der Waals surface area contributed by atoms with Gasteiger partial charge in [-0.2, -0.15) is 0 Å². The van der Waals surface area contributed by atoms with Gasteiger partial charge in [0.05, 0.1) is 0 Å². The van der Waals surface area contributed by atoms with Crippen LogP contribution in [0.1, 0.15) is 41.5 Å². The molecule has 240 valence electrons. The van der Waals surface area contributed by atoms with Crippen LogP contribution in [0.25, 0.3) is 0 Å². The predicted octanol–water partition coefficient (Wildman–Crippen LogP) is -1.07. The van der Waals surface area contributed by atoms with Crippen LogP contribution in [0.5, 0.6) is 0 Å². The van der Waals surface area contributed by atoms with Crippen LogP contribution >= 0.6 is 0 Å². The van der Waals surface area contributed by atoms with Gasteiger partial charge in [-0.1, -0.05) is 0 Å². The van der Waals surface area contributed by atoms with E-state index in [0.29, 0.717) is 10.5 Å². The number of carbonyl (C=O) groups is 6. The number of carbonyl (C=O) groups excluding carboxylic acids is 6. The number of hydrogen-bond acceptors (Lipinski definition) is 6. The SMILES string of the molecule is C=C(C)C(=O)[NH][Sb]([NH]C(=O)C(=C)C)[c]1c[c]([Sb]([NH]C(=O)C(=C)C)[NH]C(=O)C(=C)C)c[c]([Sb]([NH]C(=O)C(=C)C)[NH]C(=O)C(=C)C)c1. The van der Waals surface area contributed by atoms with Crippen molar-refractivity contribution in [3.63, 3.8) is 0 Å². The van der Waals surface area contributed by atoms with Gasteiger partial charge in [0, 0.05) is 0 Å². The topological polar surface area (TPSA) is 175 Å². The molecule has 6 N–H and O–H groups in total. The van der Waals surface area contributed by atoms with E-state index in [4.69, 9.17) is 0 Å². The molecule has 1 aromatic carbocycles. The van der Waals surface area contributed by atoms with E-state index in [-0.39, 0.29) is 33.4 Å². The Morgan fingerprint density at radius 3 is 0.622 bits per heavy atom. The molecule has 6 amide bonds. The van der Waals surface area contributed by atoms with Gasteiger partial charge in [-0.05, 0) is 0 Å². The summed E-state index contributed by atoms with van der Waals surface area (Å²) in [6.07, 6.45) is 0. The molecule has 1 aromatic rings. The van der Waals surface area contributed by atoms with Gasteiger partial charge in [-0.25, -0.2) is 0 Å². The first-order chi connectivity index (χ1) is 20.7. The van der Waals surface area contributed by atoms with Gasteiger partial charge in [0.25, 0.3) is 0 Å². The van der Waals surface area contributed by atoms with Crippen molar-refractivity contribution in [2.45, 2.75) is 41.5 Å². The molecule has 15 heteroatoms. The molecule has 45 heavy (non-hydrogen) atoms. The second kappa shape index (κ2) is 18.2. The van der Waals surface area contributed by atoms with Crippen molar-refractivity contribution in [1.29, 1.82) is 0 Å². The zero-order valence-electron chi connectivity index (χ0n) is 26.3. The Bertz CT molecular complexity index is 1250. The molecule has 0 aromatic heterocycles. The Hall–Kier alpha value is -3.07. The molecule has 1 rings (SSSR count). The monoisotopic (exact) mass is 942 g/mol. The number of rotatable bonds is 15. The third kappa shape index (κ3) is 13.1. The van der Waals surface area contributed by atoms with E-state index >= 15 is 0 Å². The quantitative estimate of drug-likeness (QED) is 0.0966. The Kier molecular flexibility index (Phi) is 16.1. The standard InChI is InChI=1S/C6H3.6C4H7NO.3Sb/c1-2-4-6-5-3-1;6*1-3(2)4(5)6;;;/h1,4-5H;6*1H2,2H3,(H2,5,6);;;/q;;;;;;;3*+2/p-6. The first-order valence-corrected chi connectivity index (χ1v) is 24.6. The molecule has 0 atom stereocenters. The van der Waals surface area contributed by atoms with E-state index < -0.39 is 97.7 Å². The van der Waals surface area contributed by atoms with E-state index in [1.54, 1.807) is 18.2 Å². The predicted molar refractivity (Wildman–Crippen MR) is 180 cm³/mol. The molecule has 0 aliphatic heterocycles. The van der Waals surface area contributed by atoms with Crippen molar-refractivity contribution in [2.24, 2.45) is 0 Å². The van der Waals surface area contributed by atoms with Crippen LogP contribution in [0, 0.1) is 0 Å². The van der Waals surface area contributed by atoms with Crippen molar-refractivity contribution in [2.75, 3.05) is 0 Å². The average Bonchev–Trinajstić information content (AvgIpc) is 2.94. The average molecular weight is 945 g/mol. The molecular formula is C30H39N6O6Sb3. The van der Waals surface area contributed by atoms with Crippen LogP contribution in [0.4, 0.5) is 0 Å². The van der Waals surface area contributed by atoms with E-state index in [2.05, 4.69) is 60.3 Å². The summed E-state index contributed by atoms with van der Waals surface area (Å²) in [4.78, 5) is 76.9. The fourth-order valence-electron chi connectivity index (χ4n) is 2.62. The van der Waals surface area contributed by atoms with Gasteiger partial charge in [-0.3, -0.25) is 0 Å². The zero-order chi connectivity index (χ0) is 34.8. The molecule has 0 aliphatic carbocycles. The van der Waals surface area contributed by atoms with Crippen molar-refractivity contribution in [3.8, 4) is 0 Å². The molecule has 0 heterocycles. The minimum absolute atomic E-state index is 0.209. The van der Waals surface area contributed by atoms with Gasteiger partial charge in [0.2, 0.25) is 0 Å². The number of hydrogen-bond donors (Lipinski definition) is 6. The van der Waals surface area contributed by atoms with E-state index in [1.807, 2.05) is 0 Å². The summed E-state index contributed by atoms with van der Waals surface area (Å²) >= 11 is -10.6. The number of amides is 6. The van der Waals surface area contributed by atoms with Crippen LogP contribution in [-0.2, 0) is 28.8 Å². The van der Waals surface area contributed by atoms with Crippen LogP contribution in [-0.4, -0.2) is 97.7 Å². The number of nitrogens with one attached hydrogen (secondary N) is 6. The summed E-state index contributed by atoms with van der Waals surface area (Å²) < 4.78 is 18.9. The van der Waals surface area contributed by atoms with Gasteiger partial charge < -0.3 is 0 Å². The summed E-state index contributed by atoms with van der Waals surface area (Å²) in [5.41, 5.74) is 1.25. The maximum absolute atomic E-state index is 12.8. The van der Waals surface area contributed by atoms with Crippen molar-refractivity contribution in [3.05, 3.63) is 91.1 Å².